The molecule has 0 saturated carbocycles. The van der Waals surface area contributed by atoms with E-state index in [9.17, 15) is 4.79 Å². The van der Waals surface area contributed by atoms with Gasteiger partial charge in [0.05, 0.1) is 6.54 Å². The van der Waals surface area contributed by atoms with E-state index in [1.807, 2.05) is 0 Å². The number of carbonyl (C=O) groups is 1. The van der Waals surface area contributed by atoms with Crippen LogP contribution in [0.4, 0.5) is 0 Å². The Labute approximate surface area is 110 Å². The highest BCUT2D eigenvalue weighted by Crippen LogP contribution is 2.15. The molecule has 2 heterocycles. The van der Waals surface area contributed by atoms with E-state index in [0.717, 1.165) is 26.2 Å². The van der Waals surface area contributed by atoms with Crippen LogP contribution in [0.5, 0.6) is 0 Å². The molecule has 4 nitrogen and oxygen atoms in total. The van der Waals surface area contributed by atoms with Crippen LogP contribution in [0.2, 0.25) is 0 Å². The van der Waals surface area contributed by atoms with E-state index >= 15 is 0 Å². The number of rotatable bonds is 2. The summed E-state index contributed by atoms with van der Waals surface area (Å²) >= 11 is 0. The summed E-state index contributed by atoms with van der Waals surface area (Å²) < 4.78 is 0. The van der Waals surface area contributed by atoms with Crippen LogP contribution in [0, 0.1) is 5.92 Å². The Kier molecular flexibility index (Phi) is 5.01. The molecule has 0 spiro atoms. The number of nitrogens with zero attached hydrogens (tertiary/aromatic N) is 2. The minimum atomic E-state index is 0.241. The molecule has 2 N–H and O–H groups in total. The molecule has 0 radical (unpaired) electrons. The lowest BCUT2D eigenvalue weighted by molar-refractivity contribution is -0.132. The molecule has 0 aromatic heterocycles. The Morgan fingerprint density at radius 1 is 1.11 bits per heavy atom. The first-order chi connectivity index (χ1) is 8.66. The lowest BCUT2D eigenvalue weighted by Gasteiger charge is -2.27. The highest BCUT2D eigenvalue weighted by atomic mass is 16.2. The van der Waals surface area contributed by atoms with Crippen LogP contribution in [-0.2, 0) is 4.79 Å². The standard InChI is InChI=1S/C14H27N3O/c1-12-9-16(10-13(12)15)11-14(18)17-7-5-3-2-4-6-8-17/h12-13H,2-11,15H2,1H3. The Morgan fingerprint density at radius 2 is 1.72 bits per heavy atom. The third-order valence-corrected chi connectivity index (χ3v) is 4.31. The molecule has 0 aliphatic carbocycles. The lowest BCUT2D eigenvalue weighted by atomic mass is 10.1. The highest BCUT2D eigenvalue weighted by molar-refractivity contribution is 5.78. The normalized spacial score (nSPS) is 31.1. The van der Waals surface area contributed by atoms with Crippen molar-refractivity contribution in [3.8, 4) is 0 Å². The second-order valence-electron chi connectivity index (χ2n) is 5.98. The van der Waals surface area contributed by atoms with Gasteiger partial charge >= 0.3 is 0 Å². The van der Waals surface area contributed by atoms with Gasteiger partial charge in [-0.05, 0) is 18.8 Å². The second kappa shape index (κ2) is 6.53. The minimum absolute atomic E-state index is 0.241. The van der Waals surface area contributed by atoms with Crippen molar-refractivity contribution in [3.05, 3.63) is 0 Å². The Hall–Kier alpha value is -0.610. The first-order valence-corrected chi connectivity index (χ1v) is 7.42. The monoisotopic (exact) mass is 253 g/mol. The smallest absolute Gasteiger partial charge is 0.236 e. The van der Waals surface area contributed by atoms with Crippen LogP contribution in [0.15, 0.2) is 0 Å². The molecule has 2 atom stereocenters. The van der Waals surface area contributed by atoms with Crippen LogP contribution >= 0.6 is 0 Å². The van der Waals surface area contributed by atoms with E-state index in [2.05, 4.69) is 16.7 Å². The van der Waals surface area contributed by atoms with E-state index in [0.29, 0.717) is 18.4 Å². The fraction of sp³-hybridized carbons (Fsp3) is 0.929. The quantitative estimate of drug-likeness (QED) is 0.800. The number of nitrogens with two attached hydrogens (primary N) is 1. The van der Waals surface area contributed by atoms with Gasteiger partial charge in [0, 0.05) is 32.2 Å². The van der Waals surface area contributed by atoms with Crippen molar-refractivity contribution in [1.82, 2.24) is 9.80 Å². The summed E-state index contributed by atoms with van der Waals surface area (Å²) in [5, 5.41) is 0. The summed E-state index contributed by atoms with van der Waals surface area (Å²) in [6.45, 7) is 6.49. The predicted molar refractivity (Wildman–Crippen MR) is 73.2 cm³/mol. The number of amides is 1. The summed E-state index contributed by atoms with van der Waals surface area (Å²) in [4.78, 5) is 16.6. The number of carbonyl (C=O) groups excluding carboxylic acids is 1. The van der Waals surface area contributed by atoms with Crippen LogP contribution in [0.3, 0.4) is 0 Å². The van der Waals surface area contributed by atoms with Crippen LogP contribution in [-0.4, -0.2) is 54.5 Å². The molecule has 18 heavy (non-hydrogen) atoms. The predicted octanol–water partition coefficient (Wildman–Crippen LogP) is 1.06. The van der Waals surface area contributed by atoms with Gasteiger partial charge in [0.2, 0.25) is 5.91 Å². The molecule has 2 aliphatic rings. The zero-order chi connectivity index (χ0) is 13.0. The van der Waals surface area contributed by atoms with Gasteiger partial charge in [-0.2, -0.15) is 0 Å². The van der Waals surface area contributed by atoms with E-state index in [1.165, 1.54) is 32.1 Å². The molecule has 2 rings (SSSR count). The zero-order valence-electron chi connectivity index (χ0n) is 11.6. The molecule has 0 aromatic rings. The average molecular weight is 253 g/mol. The summed E-state index contributed by atoms with van der Waals surface area (Å²) in [5.74, 6) is 0.823. The van der Waals surface area contributed by atoms with E-state index < -0.39 is 0 Å². The van der Waals surface area contributed by atoms with Crippen molar-refractivity contribution in [2.45, 2.75) is 45.1 Å². The van der Waals surface area contributed by atoms with Crippen LogP contribution in [0.1, 0.15) is 39.0 Å². The lowest BCUT2D eigenvalue weighted by Crippen LogP contribution is -2.41. The summed E-state index contributed by atoms with van der Waals surface area (Å²) in [6, 6.07) is 0.241. The maximum atomic E-state index is 12.3. The largest absolute Gasteiger partial charge is 0.342 e. The maximum Gasteiger partial charge on any atom is 0.236 e. The molecule has 1 amide bonds. The van der Waals surface area contributed by atoms with Crippen LogP contribution < -0.4 is 5.73 Å². The van der Waals surface area contributed by atoms with Gasteiger partial charge in [-0.15, -0.1) is 0 Å². The summed E-state index contributed by atoms with van der Waals surface area (Å²) in [5.41, 5.74) is 6.00. The van der Waals surface area contributed by atoms with Crippen molar-refractivity contribution in [3.63, 3.8) is 0 Å². The molecule has 2 unspecified atom stereocenters. The first-order valence-electron chi connectivity index (χ1n) is 7.42. The van der Waals surface area contributed by atoms with Crippen molar-refractivity contribution < 1.29 is 4.79 Å². The topological polar surface area (TPSA) is 49.6 Å². The molecular weight excluding hydrogens is 226 g/mol. The zero-order valence-corrected chi connectivity index (χ0v) is 11.6. The number of likely N-dealkylation sites (tertiary alicyclic amines) is 2. The molecule has 4 heteroatoms. The fourth-order valence-electron chi connectivity index (χ4n) is 3.01. The Bertz CT molecular complexity index is 264. The van der Waals surface area contributed by atoms with E-state index in [-0.39, 0.29) is 6.04 Å². The Balaban J connectivity index is 1.79. The van der Waals surface area contributed by atoms with Gasteiger partial charge in [-0.3, -0.25) is 9.69 Å². The van der Waals surface area contributed by atoms with Gasteiger partial charge in [0.1, 0.15) is 0 Å². The SMILES string of the molecule is CC1CN(CC(=O)N2CCCCCCC2)CC1N. The third kappa shape index (κ3) is 3.69. The summed E-state index contributed by atoms with van der Waals surface area (Å²) in [7, 11) is 0. The van der Waals surface area contributed by atoms with Gasteiger partial charge in [-0.25, -0.2) is 0 Å². The van der Waals surface area contributed by atoms with Gasteiger partial charge in [0.15, 0.2) is 0 Å². The maximum absolute atomic E-state index is 12.3. The number of hydrogen-bond acceptors (Lipinski definition) is 3. The molecule has 104 valence electrons. The molecule has 2 saturated heterocycles. The number of hydrogen-bond donors (Lipinski definition) is 1. The molecule has 0 bridgehead atoms. The second-order valence-corrected chi connectivity index (χ2v) is 5.98. The molecule has 2 fully saturated rings. The van der Waals surface area contributed by atoms with E-state index in [4.69, 9.17) is 5.73 Å². The van der Waals surface area contributed by atoms with E-state index in [1.54, 1.807) is 0 Å². The average Bonchev–Trinajstić information content (AvgIpc) is 2.56. The molecule has 2 aliphatic heterocycles. The van der Waals surface area contributed by atoms with Gasteiger partial charge in [-0.1, -0.05) is 26.2 Å². The fourth-order valence-corrected chi connectivity index (χ4v) is 3.01. The van der Waals surface area contributed by atoms with Crippen molar-refractivity contribution in [2.75, 3.05) is 32.7 Å². The highest BCUT2D eigenvalue weighted by Gasteiger charge is 2.28. The Morgan fingerprint density at radius 3 is 2.28 bits per heavy atom. The van der Waals surface area contributed by atoms with Crippen molar-refractivity contribution in [1.29, 1.82) is 0 Å². The van der Waals surface area contributed by atoms with Crippen LogP contribution in [0.25, 0.3) is 0 Å². The van der Waals surface area contributed by atoms with Gasteiger partial charge < -0.3 is 10.6 Å². The minimum Gasteiger partial charge on any atom is -0.342 e. The molecular formula is C14H27N3O. The van der Waals surface area contributed by atoms with Crippen molar-refractivity contribution >= 4 is 5.91 Å². The van der Waals surface area contributed by atoms with Gasteiger partial charge in [0.25, 0.3) is 0 Å². The molecule has 0 aromatic carbocycles. The third-order valence-electron chi connectivity index (χ3n) is 4.31. The summed E-state index contributed by atoms with van der Waals surface area (Å²) in [6.07, 6.45) is 6.22. The first kappa shape index (κ1) is 13.8. The van der Waals surface area contributed by atoms with Crippen molar-refractivity contribution in [2.24, 2.45) is 11.7 Å².